The Bertz CT molecular complexity index is 624. The van der Waals surface area contributed by atoms with E-state index in [-0.39, 0.29) is 12.3 Å². The van der Waals surface area contributed by atoms with Crippen LogP contribution in [-0.4, -0.2) is 30.7 Å². The number of rotatable bonds is 4. The number of phenols is 1. The van der Waals surface area contributed by atoms with Gasteiger partial charge in [-0.05, 0) is 17.1 Å². The molecule has 1 aromatic heterocycles. The van der Waals surface area contributed by atoms with Gasteiger partial charge in [-0.25, -0.2) is 0 Å². The number of hydrogen-bond donors (Lipinski definition) is 2. The number of aromatic nitrogens is 3. The lowest BCUT2D eigenvalue weighted by molar-refractivity contribution is -0.394. The molecule has 98 valence electrons. The molecule has 2 aromatic rings. The molecule has 0 atom stereocenters. The van der Waals surface area contributed by atoms with Gasteiger partial charge in [0, 0.05) is 16.9 Å². The Balaban J connectivity index is 1.99. The van der Waals surface area contributed by atoms with Crippen molar-refractivity contribution in [3.05, 3.63) is 40.7 Å². The van der Waals surface area contributed by atoms with Gasteiger partial charge in [-0.1, -0.05) is 11.1 Å². The topological polar surface area (TPSA) is 123 Å². The van der Waals surface area contributed by atoms with E-state index in [1.165, 1.54) is 12.1 Å². The second-order valence-electron chi connectivity index (χ2n) is 3.60. The minimum Gasteiger partial charge on any atom is -0.508 e. The summed E-state index contributed by atoms with van der Waals surface area (Å²) in [5, 5.41) is 25.6. The highest BCUT2D eigenvalue weighted by molar-refractivity contribution is 5.90. The Morgan fingerprint density at radius 2 is 2.32 bits per heavy atom. The molecule has 0 aliphatic heterocycles. The number of carbonyl (C=O) groups is 1. The van der Waals surface area contributed by atoms with E-state index in [1.807, 2.05) is 0 Å². The first-order chi connectivity index (χ1) is 9.04. The third kappa shape index (κ3) is 3.25. The molecule has 1 heterocycles. The Labute approximate surface area is 106 Å². The summed E-state index contributed by atoms with van der Waals surface area (Å²) in [6.07, 6.45) is 1.10. The summed E-state index contributed by atoms with van der Waals surface area (Å²) in [6, 6.07) is 6.02. The van der Waals surface area contributed by atoms with Crippen molar-refractivity contribution < 1.29 is 14.8 Å². The Morgan fingerprint density at radius 1 is 1.53 bits per heavy atom. The molecule has 19 heavy (non-hydrogen) atoms. The van der Waals surface area contributed by atoms with Crippen molar-refractivity contribution in [3.63, 3.8) is 0 Å². The average molecular weight is 263 g/mol. The maximum absolute atomic E-state index is 11.6. The number of phenolic OH excluding ortho intramolecular Hbond substituents is 1. The van der Waals surface area contributed by atoms with Gasteiger partial charge < -0.3 is 20.5 Å². The summed E-state index contributed by atoms with van der Waals surface area (Å²) >= 11 is 0. The van der Waals surface area contributed by atoms with Gasteiger partial charge in [0.05, 0.1) is 0 Å². The van der Waals surface area contributed by atoms with E-state index in [2.05, 4.69) is 15.4 Å². The molecule has 0 unspecified atom stereocenters. The zero-order valence-electron chi connectivity index (χ0n) is 9.55. The van der Waals surface area contributed by atoms with Gasteiger partial charge in [-0.15, -0.1) is 0 Å². The highest BCUT2D eigenvalue weighted by Crippen LogP contribution is 2.15. The predicted octanol–water partition coefficient (Wildman–Crippen LogP) is 0.531. The van der Waals surface area contributed by atoms with Gasteiger partial charge in [-0.3, -0.25) is 4.79 Å². The van der Waals surface area contributed by atoms with E-state index in [4.69, 9.17) is 0 Å². The zero-order valence-corrected chi connectivity index (χ0v) is 9.55. The van der Waals surface area contributed by atoms with Gasteiger partial charge in [0.25, 0.3) is 0 Å². The molecule has 1 aromatic carbocycles. The van der Waals surface area contributed by atoms with Crippen LogP contribution >= 0.6 is 0 Å². The molecule has 9 nitrogen and oxygen atoms in total. The quantitative estimate of drug-likeness (QED) is 0.612. The lowest BCUT2D eigenvalue weighted by atomic mass is 10.3. The van der Waals surface area contributed by atoms with E-state index in [0.717, 1.165) is 11.0 Å². The molecule has 0 aliphatic carbocycles. The highest BCUT2D eigenvalue weighted by atomic mass is 16.6. The van der Waals surface area contributed by atoms with E-state index >= 15 is 0 Å². The molecular weight excluding hydrogens is 254 g/mol. The van der Waals surface area contributed by atoms with E-state index < -0.39 is 16.8 Å². The van der Waals surface area contributed by atoms with Crippen molar-refractivity contribution in [3.8, 4) is 5.75 Å². The number of benzene rings is 1. The third-order valence-corrected chi connectivity index (χ3v) is 2.12. The summed E-state index contributed by atoms with van der Waals surface area (Å²) in [6.45, 7) is -0.212. The number of nitro groups is 1. The maximum atomic E-state index is 11.6. The van der Waals surface area contributed by atoms with Crippen LogP contribution in [-0.2, 0) is 11.3 Å². The molecule has 9 heteroatoms. The normalized spacial score (nSPS) is 10.1. The Hall–Kier alpha value is -2.97. The average Bonchev–Trinajstić information content (AvgIpc) is 2.77. The fraction of sp³-hybridized carbons (Fsp3) is 0.100. The summed E-state index contributed by atoms with van der Waals surface area (Å²) in [5.74, 6) is -0.982. The van der Waals surface area contributed by atoms with Crippen LogP contribution in [0.15, 0.2) is 30.6 Å². The SMILES string of the molecule is O=C(Cn1cnc([N+](=O)[O-])n1)Nc1cccc(O)c1. The minimum atomic E-state index is -0.746. The van der Waals surface area contributed by atoms with Crippen LogP contribution in [0, 0.1) is 10.1 Å². The molecule has 0 saturated heterocycles. The van der Waals surface area contributed by atoms with Crippen molar-refractivity contribution in [2.75, 3.05) is 5.32 Å². The summed E-state index contributed by atoms with van der Waals surface area (Å²) in [7, 11) is 0. The van der Waals surface area contributed by atoms with Crippen LogP contribution in [0.25, 0.3) is 0 Å². The van der Waals surface area contributed by atoms with Crippen LogP contribution in [0.1, 0.15) is 0 Å². The maximum Gasteiger partial charge on any atom is 0.490 e. The van der Waals surface area contributed by atoms with E-state index in [9.17, 15) is 20.0 Å². The summed E-state index contributed by atoms with van der Waals surface area (Å²) < 4.78 is 1.05. The number of aromatic hydroxyl groups is 1. The van der Waals surface area contributed by atoms with Crippen LogP contribution < -0.4 is 5.32 Å². The predicted molar refractivity (Wildman–Crippen MR) is 63.4 cm³/mol. The molecule has 1 amide bonds. The van der Waals surface area contributed by atoms with Gasteiger partial charge in [0.1, 0.15) is 12.3 Å². The number of nitrogens with zero attached hydrogens (tertiary/aromatic N) is 4. The molecular formula is C10H9N5O4. The number of nitrogens with one attached hydrogen (secondary N) is 1. The molecule has 2 rings (SSSR count). The van der Waals surface area contributed by atoms with Crippen molar-refractivity contribution >= 4 is 17.5 Å². The number of anilines is 1. The van der Waals surface area contributed by atoms with Crippen molar-refractivity contribution in [1.82, 2.24) is 14.8 Å². The van der Waals surface area contributed by atoms with Gasteiger partial charge in [-0.2, -0.15) is 4.68 Å². The smallest absolute Gasteiger partial charge is 0.490 e. The second-order valence-corrected chi connectivity index (χ2v) is 3.60. The van der Waals surface area contributed by atoms with Gasteiger partial charge >= 0.3 is 5.95 Å². The van der Waals surface area contributed by atoms with E-state index in [1.54, 1.807) is 12.1 Å². The molecule has 0 fully saturated rings. The van der Waals surface area contributed by atoms with Crippen molar-refractivity contribution in [2.45, 2.75) is 6.54 Å². The standard InChI is InChI=1S/C10H9N5O4/c16-8-3-1-2-7(4-8)12-9(17)5-14-6-11-10(13-14)15(18)19/h1-4,6,16H,5H2,(H,12,17). The summed E-state index contributed by atoms with van der Waals surface area (Å²) in [4.78, 5) is 24.7. The number of carbonyl (C=O) groups excluding carboxylic acids is 1. The summed E-state index contributed by atoms with van der Waals surface area (Å²) in [5.41, 5.74) is 0.416. The second kappa shape index (κ2) is 5.12. The lowest BCUT2D eigenvalue weighted by Crippen LogP contribution is -2.19. The van der Waals surface area contributed by atoms with Crippen LogP contribution in [0.5, 0.6) is 5.75 Å². The van der Waals surface area contributed by atoms with Gasteiger partial charge in [0.15, 0.2) is 0 Å². The highest BCUT2D eigenvalue weighted by Gasteiger charge is 2.15. The molecule has 0 spiro atoms. The monoisotopic (exact) mass is 263 g/mol. The van der Waals surface area contributed by atoms with Crippen molar-refractivity contribution in [1.29, 1.82) is 0 Å². The fourth-order valence-electron chi connectivity index (χ4n) is 1.38. The Morgan fingerprint density at radius 3 is 2.95 bits per heavy atom. The zero-order chi connectivity index (χ0) is 13.8. The van der Waals surface area contributed by atoms with Crippen LogP contribution in [0.2, 0.25) is 0 Å². The van der Waals surface area contributed by atoms with Crippen LogP contribution in [0.4, 0.5) is 11.6 Å². The van der Waals surface area contributed by atoms with Crippen LogP contribution in [0.3, 0.4) is 0 Å². The fourth-order valence-corrected chi connectivity index (χ4v) is 1.38. The van der Waals surface area contributed by atoms with E-state index in [0.29, 0.717) is 5.69 Å². The molecule has 2 N–H and O–H groups in total. The largest absolute Gasteiger partial charge is 0.508 e. The number of hydrogen-bond acceptors (Lipinski definition) is 6. The first-order valence-electron chi connectivity index (χ1n) is 5.17. The molecule has 0 saturated carbocycles. The molecule has 0 radical (unpaired) electrons. The first kappa shape index (κ1) is 12.5. The Kier molecular flexibility index (Phi) is 3.37. The molecule has 0 bridgehead atoms. The van der Waals surface area contributed by atoms with Crippen molar-refractivity contribution in [2.24, 2.45) is 0 Å². The first-order valence-corrected chi connectivity index (χ1v) is 5.17. The van der Waals surface area contributed by atoms with Gasteiger partial charge in [0.2, 0.25) is 12.2 Å². The lowest BCUT2D eigenvalue weighted by Gasteiger charge is -2.03. The number of amides is 1. The third-order valence-electron chi connectivity index (χ3n) is 2.12. The molecule has 0 aliphatic rings. The minimum absolute atomic E-state index is 0.0224.